The number of nitrogens with zero attached hydrogens (tertiary/aromatic N) is 3. The third kappa shape index (κ3) is 11.4. The predicted octanol–water partition coefficient (Wildman–Crippen LogP) is 5.36. The van der Waals surface area contributed by atoms with E-state index in [0.29, 0.717) is 37.8 Å². The van der Waals surface area contributed by atoms with Gasteiger partial charge in [-0.15, -0.1) is 0 Å². The molecule has 3 rings (SSSR count). The quantitative estimate of drug-likeness (QED) is 0.261. The van der Waals surface area contributed by atoms with E-state index >= 15 is 0 Å². The number of aryl methyl sites for hydroxylation is 4. The van der Waals surface area contributed by atoms with Gasteiger partial charge in [-0.05, 0) is 93.7 Å². The summed E-state index contributed by atoms with van der Waals surface area (Å²) in [5.41, 5.74) is 4.53. The monoisotopic (exact) mass is 538 g/mol. The summed E-state index contributed by atoms with van der Waals surface area (Å²) in [5, 5.41) is 12.7. The first-order valence-electron chi connectivity index (χ1n) is 14.6. The van der Waals surface area contributed by atoms with Crippen LogP contribution in [0.5, 0.6) is 0 Å². The van der Waals surface area contributed by atoms with Crippen LogP contribution >= 0.6 is 0 Å². The molecule has 0 saturated carbocycles. The minimum absolute atomic E-state index is 0.00281. The van der Waals surface area contributed by atoms with E-state index < -0.39 is 5.97 Å². The molecular weight excluding hydrogens is 492 g/mol. The first-order valence-corrected chi connectivity index (χ1v) is 14.6. The lowest BCUT2D eigenvalue weighted by molar-refractivity contribution is -0.137. The zero-order valence-electron chi connectivity index (χ0n) is 24.0. The Hall–Kier alpha value is -2.87. The van der Waals surface area contributed by atoms with Crippen LogP contribution in [0.4, 0.5) is 0 Å². The third-order valence-electron chi connectivity index (χ3n) is 7.46. The van der Waals surface area contributed by atoms with Crippen molar-refractivity contribution in [2.24, 2.45) is 5.92 Å². The number of pyridine rings is 1. The van der Waals surface area contributed by atoms with E-state index in [1.165, 1.54) is 24.1 Å². The van der Waals surface area contributed by atoms with Gasteiger partial charge < -0.3 is 15.2 Å². The summed E-state index contributed by atoms with van der Waals surface area (Å²) >= 11 is 0. The van der Waals surface area contributed by atoms with E-state index in [2.05, 4.69) is 41.3 Å². The Balaban J connectivity index is 1.57. The molecule has 1 aliphatic carbocycles. The number of amides is 1. The highest BCUT2D eigenvalue weighted by Gasteiger charge is 2.19. The Kier molecular flexibility index (Phi) is 12.8. The largest absolute Gasteiger partial charge is 0.481 e. The van der Waals surface area contributed by atoms with Crippen molar-refractivity contribution < 1.29 is 19.4 Å². The SMILES string of the molecule is Cc1ncc([C@@H](CCCC(CCc2ccc3c(n2)CCCC3)NC(=O)CCOCCC(C)C)CC(=O)O)cn1. The van der Waals surface area contributed by atoms with Gasteiger partial charge in [0.05, 0.1) is 13.0 Å². The zero-order chi connectivity index (χ0) is 28.0. The number of carboxylic acid groups (broad SMARTS) is 1. The van der Waals surface area contributed by atoms with Crippen LogP contribution in [0.3, 0.4) is 0 Å². The number of hydrogen-bond donors (Lipinski definition) is 2. The van der Waals surface area contributed by atoms with Crippen LogP contribution in [0.15, 0.2) is 24.5 Å². The van der Waals surface area contributed by atoms with Crippen molar-refractivity contribution >= 4 is 11.9 Å². The van der Waals surface area contributed by atoms with Crippen molar-refractivity contribution in [3.63, 3.8) is 0 Å². The normalized spacial score (nSPS) is 14.6. The summed E-state index contributed by atoms with van der Waals surface area (Å²) in [6.45, 7) is 7.23. The second-order valence-electron chi connectivity index (χ2n) is 11.3. The van der Waals surface area contributed by atoms with Crippen LogP contribution in [-0.4, -0.2) is 51.2 Å². The van der Waals surface area contributed by atoms with Gasteiger partial charge in [-0.1, -0.05) is 26.3 Å². The number of fused-ring (bicyclic) bond motifs is 1. The summed E-state index contributed by atoms with van der Waals surface area (Å²) in [7, 11) is 0. The van der Waals surface area contributed by atoms with Gasteiger partial charge in [0.15, 0.2) is 0 Å². The Bertz CT molecular complexity index is 1040. The molecule has 8 heteroatoms. The van der Waals surface area contributed by atoms with Crippen molar-refractivity contribution in [3.8, 4) is 0 Å². The predicted molar refractivity (Wildman–Crippen MR) is 152 cm³/mol. The number of aromatic nitrogens is 3. The molecule has 1 unspecified atom stereocenters. The van der Waals surface area contributed by atoms with Crippen LogP contribution in [-0.2, 0) is 33.6 Å². The maximum atomic E-state index is 12.7. The van der Waals surface area contributed by atoms with Crippen molar-refractivity contribution in [3.05, 3.63) is 52.9 Å². The standard InChI is InChI=1S/C31H46N4O4/c1-22(2)15-17-39-18-16-30(36)35-27(13-14-28-12-11-24-7-4-5-10-29(24)34-28)9-6-8-25(19-31(37)38)26-20-32-23(3)33-21-26/h11-12,20-22,25,27H,4-10,13-19H2,1-3H3,(H,35,36)(H,37,38)/t25-,27?/m0/s1. The number of hydrogen-bond acceptors (Lipinski definition) is 6. The van der Waals surface area contributed by atoms with Gasteiger partial charge >= 0.3 is 5.97 Å². The highest BCUT2D eigenvalue weighted by molar-refractivity contribution is 5.76. The molecule has 0 aromatic carbocycles. The summed E-state index contributed by atoms with van der Waals surface area (Å²) in [4.78, 5) is 37.7. The highest BCUT2D eigenvalue weighted by atomic mass is 16.5. The van der Waals surface area contributed by atoms with Gasteiger partial charge in [-0.2, -0.15) is 0 Å². The number of carbonyl (C=O) groups is 2. The molecule has 0 saturated heterocycles. The van der Waals surface area contributed by atoms with Gasteiger partial charge in [0.2, 0.25) is 5.91 Å². The first-order chi connectivity index (χ1) is 18.8. The first kappa shape index (κ1) is 30.7. The molecular formula is C31H46N4O4. The molecule has 1 aliphatic rings. The Morgan fingerprint density at radius 2 is 1.79 bits per heavy atom. The Morgan fingerprint density at radius 3 is 2.54 bits per heavy atom. The highest BCUT2D eigenvalue weighted by Crippen LogP contribution is 2.26. The van der Waals surface area contributed by atoms with Crippen molar-refractivity contribution in [1.82, 2.24) is 20.3 Å². The molecule has 2 atom stereocenters. The fourth-order valence-electron chi connectivity index (χ4n) is 5.08. The smallest absolute Gasteiger partial charge is 0.303 e. The van der Waals surface area contributed by atoms with Gasteiger partial charge in [0.1, 0.15) is 5.82 Å². The average Bonchev–Trinajstić information content (AvgIpc) is 2.90. The molecule has 1 amide bonds. The summed E-state index contributed by atoms with van der Waals surface area (Å²) in [5.74, 6) is 0.255. The van der Waals surface area contributed by atoms with Crippen LogP contribution in [0, 0.1) is 12.8 Å². The van der Waals surface area contributed by atoms with E-state index in [1.807, 2.05) is 6.92 Å². The molecule has 8 nitrogen and oxygen atoms in total. The molecule has 0 aliphatic heterocycles. The molecule has 2 aromatic heterocycles. The average molecular weight is 539 g/mol. The lowest BCUT2D eigenvalue weighted by Gasteiger charge is -2.21. The molecule has 0 spiro atoms. The van der Waals surface area contributed by atoms with E-state index in [9.17, 15) is 14.7 Å². The minimum atomic E-state index is -0.832. The van der Waals surface area contributed by atoms with Gasteiger partial charge in [-0.25, -0.2) is 9.97 Å². The lowest BCUT2D eigenvalue weighted by Crippen LogP contribution is -2.36. The zero-order valence-corrected chi connectivity index (χ0v) is 24.0. The summed E-state index contributed by atoms with van der Waals surface area (Å²) in [6, 6.07) is 4.34. The maximum absolute atomic E-state index is 12.7. The number of rotatable bonds is 17. The van der Waals surface area contributed by atoms with E-state index in [1.54, 1.807) is 12.4 Å². The number of carbonyl (C=O) groups excluding carboxylic acids is 1. The fourth-order valence-corrected chi connectivity index (χ4v) is 5.08. The van der Waals surface area contributed by atoms with Gasteiger partial charge in [0.25, 0.3) is 0 Å². The van der Waals surface area contributed by atoms with Crippen LogP contribution in [0.1, 0.15) is 106 Å². The van der Waals surface area contributed by atoms with Crippen LogP contribution in [0.2, 0.25) is 0 Å². The Morgan fingerprint density at radius 1 is 1.03 bits per heavy atom. The number of carboxylic acids is 1. The topological polar surface area (TPSA) is 114 Å². The summed E-state index contributed by atoms with van der Waals surface area (Å²) < 4.78 is 5.65. The molecule has 2 aromatic rings. The lowest BCUT2D eigenvalue weighted by atomic mass is 9.90. The van der Waals surface area contributed by atoms with Gasteiger partial charge in [0, 0.05) is 42.9 Å². The van der Waals surface area contributed by atoms with Crippen LogP contribution < -0.4 is 5.32 Å². The molecule has 0 radical (unpaired) electrons. The molecule has 214 valence electrons. The van der Waals surface area contributed by atoms with E-state index in [4.69, 9.17) is 9.72 Å². The maximum Gasteiger partial charge on any atom is 0.303 e. The molecule has 39 heavy (non-hydrogen) atoms. The van der Waals surface area contributed by atoms with Gasteiger partial charge in [-0.3, -0.25) is 14.6 Å². The number of aliphatic carboxylic acids is 1. The molecule has 0 fully saturated rings. The number of ether oxygens (including phenoxy) is 1. The van der Waals surface area contributed by atoms with E-state index in [-0.39, 0.29) is 24.3 Å². The molecule has 2 N–H and O–H groups in total. The van der Waals surface area contributed by atoms with Crippen molar-refractivity contribution in [2.45, 2.75) is 110 Å². The minimum Gasteiger partial charge on any atom is -0.481 e. The van der Waals surface area contributed by atoms with Crippen LogP contribution in [0.25, 0.3) is 0 Å². The van der Waals surface area contributed by atoms with Crippen molar-refractivity contribution in [1.29, 1.82) is 0 Å². The van der Waals surface area contributed by atoms with Crippen molar-refractivity contribution in [2.75, 3.05) is 13.2 Å². The summed E-state index contributed by atoms with van der Waals surface area (Å²) in [6.07, 6.45) is 13.3. The second-order valence-corrected chi connectivity index (χ2v) is 11.3. The fraction of sp³-hybridized carbons (Fsp3) is 0.645. The van der Waals surface area contributed by atoms with E-state index in [0.717, 1.165) is 56.2 Å². The number of nitrogens with one attached hydrogen (secondary N) is 1. The second kappa shape index (κ2) is 16.3. The Labute approximate surface area is 233 Å². The molecule has 0 bridgehead atoms. The third-order valence-corrected chi connectivity index (χ3v) is 7.46. The molecule has 2 heterocycles.